The van der Waals surface area contributed by atoms with Crippen LogP contribution in [-0.2, 0) is 11.3 Å². The number of para-hydroxylation sites is 1. The van der Waals surface area contributed by atoms with Gasteiger partial charge in [0, 0.05) is 35.4 Å². The Bertz CT molecular complexity index is 1510. The van der Waals surface area contributed by atoms with Crippen molar-refractivity contribution in [1.29, 1.82) is 0 Å². The lowest BCUT2D eigenvalue weighted by atomic mass is 9.87. The second-order valence-corrected chi connectivity index (χ2v) is 8.48. The van der Waals surface area contributed by atoms with Gasteiger partial charge in [0.2, 0.25) is 0 Å². The minimum atomic E-state index is -0.325. The number of methoxy groups -OCH3 is 1. The molecule has 1 aliphatic carbocycles. The molecule has 2 unspecified atom stereocenters. The molecule has 0 amide bonds. The Morgan fingerprint density at radius 1 is 1.06 bits per heavy atom. The number of halogens is 1. The molecule has 174 valence electrons. The lowest BCUT2D eigenvalue weighted by molar-refractivity contribution is 0.305. The summed E-state index contributed by atoms with van der Waals surface area (Å²) in [6.07, 6.45) is 9.37. The number of anilines is 1. The summed E-state index contributed by atoms with van der Waals surface area (Å²) in [5, 5.41) is 15.0. The maximum absolute atomic E-state index is 15.2. The normalized spacial score (nSPS) is 19.0. The summed E-state index contributed by atoms with van der Waals surface area (Å²) in [4.78, 5) is 4.54. The number of hydrogen-bond acceptors (Lipinski definition) is 6. The Balaban J connectivity index is 1.41. The van der Waals surface area contributed by atoms with Crippen LogP contribution in [-0.4, -0.2) is 39.1 Å². The fraction of sp³-hybridized carbons (Fsp3) is 0.185. The summed E-state index contributed by atoms with van der Waals surface area (Å²) >= 11 is 0. The number of benzene rings is 2. The maximum atomic E-state index is 15.2. The first-order valence-corrected chi connectivity index (χ1v) is 11.5. The van der Waals surface area contributed by atoms with Gasteiger partial charge in [0.15, 0.2) is 5.65 Å². The quantitative estimate of drug-likeness (QED) is 0.411. The molecule has 2 aliphatic rings. The fourth-order valence-electron chi connectivity index (χ4n) is 4.75. The minimum Gasteiger partial charge on any atom is -0.496 e. The molecule has 0 fully saturated rings. The van der Waals surface area contributed by atoms with Gasteiger partial charge in [0.05, 0.1) is 31.4 Å². The van der Waals surface area contributed by atoms with Crippen LogP contribution in [0.15, 0.2) is 84.1 Å². The summed E-state index contributed by atoms with van der Waals surface area (Å²) in [6, 6.07) is 15.0. The zero-order valence-corrected chi connectivity index (χ0v) is 19.3. The standard InChI is InChI=1S/C27H23FN6O/c1-3-33-16-29-26-22(15-30-32-27(26)33)17-9-10-23(28)20(11-17)21-12-18-14-31-34(19-7-5-4-6-8-19)24(18)13-25(21)35-2/h4-16,18,24H,3H2,1-2H3. The van der Waals surface area contributed by atoms with Crippen molar-refractivity contribution in [1.82, 2.24) is 19.7 Å². The van der Waals surface area contributed by atoms with Gasteiger partial charge in [0.1, 0.15) is 17.1 Å². The largest absolute Gasteiger partial charge is 0.496 e. The highest BCUT2D eigenvalue weighted by molar-refractivity contribution is 5.91. The second kappa shape index (κ2) is 8.47. The summed E-state index contributed by atoms with van der Waals surface area (Å²) < 4.78 is 22.9. The van der Waals surface area contributed by atoms with Crippen LogP contribution in [0.3, 0.4) is 0 Å². The van der Waals surface area contributed by atoms with Crippen LogP contribution >= 0.6 is 0 Å². The van der Waals surface area contributed by atoms with Crippen LogP contribution in [0.25, 0.3) is 27.9 Å². The summed E-state index contributed by atoms with van der Waals surface area (Å²) in [5.41, 5.74) is 5.21. The molecule has 0 radical (unpaired) electrons. The number of allylic oxidation sites excluding steroid dienone is 1. The molecule has 1 aliphatic heterocycles. The molecule has 8 heteroatoms. The molecular weight excluding hydrogens is 443 g/mol. The maximum Gasteiger partial charge on any atom is 0.183 e. The third kappa shape index (κ3) is 3.49. The number of nitrogens with zero attached hydrogens (tertiary/aromatic N) is 6. The van der Waals surface area contributed by atoms with Crippen molar-refractivity contribution in [2.45, 2.75) is 19.5 Å². The number of fused-ring (bicyclic) bond motifs is 2. The third-order valence-corrected chi connectivity index (χ3v) is 6.54. The number of aryl methyl sites for hydroxylation is 1. The summed E-state index contributed by atoms with van der Waals surface area (Å²) in [7, 11) is 1.61. The zero-order valence-electron chi connectivity index (χ0n) is 19.3. The number of imidazole rings is 1. The molecule has 4 aromatic rings. The smallest absolute Gasteiger partial charge is 0.183 e. The molecule has 0 saturated heterocycles. The Labute approximate surface area is 201 Å². The van der Waals surface area contributed by atoms with E-state index in [1.165, 1.54) is 6.07 Å². The van der Waals surface area contributed by atoms with E-state index in [0.29, 0.717) is 22.5 Å². The lowest BCUT2D eigenvalue weighted by Crippen LogP contribution is -2.32. The number of aromatic nitrogens is 4. The number of hydrazone groups is 1. The predicted octanol–water partition coefficient (Wildman–Crippen LogP) is 5.07. The van der Waals surface area contributed by atoms with E-state index in [1.54, 1.807) is 25.7 Å². The van der Waals surface area contributed by atoms with E-state index < -0.39 is 0 Å². The molecule has 6 rings (SSSR count). The molecule has 0 spiro atoms. The van der Waals surface area contributed by atoms with Gasteiger partial charge in [-0.05, 0) is 42.8 Å². The number of hydrogen-bond donors (Lipinski definition) is 0. The van der Waals surface area contributed by atoms with E-state index in [4.69, 9.17) is 4.74 Å². The Morgan fingerprint density at radius 2 is 1.91 bits per heavy atom. The van der Waals surface area contributed by atoms with E-state index in [2.05, 4.69) is 20.3 Å². The van der Waals surface area contributed by atoms with Gasteiger partial charge < -0.3 is 9.30 Å². The molecular formula is C27H23FN6O. The topological polar surface area (TPSA) is 68.4 Å². The average Bonchev–Trinajstić information content (AvgIpc) is 3.52. The van der Waals surface area contributed by atoms with E-state index in [0.717, 1.165) is 28.9 Å². The van der Waals surface area contributed by atoms with Gasteiger partial charge >= 0.3 is 0 Å². The highest BCUT2D eigenvalue weighted by Gasteiger charge is 2.34. The zero-order chi connectivity index (χ0) is 23.9. The van der Waals surface area contributed by atoms with Crippen molar-refractivity contribution < 1.29 is 9.13 Å². The van der Waals surface area contributed by atoms with Crippen molar-refractivity contribution in [3.63, 3.8) is 0 Å². The molecule has 2 atom stereocenters. The van der Waals surface area contributed by atoms with Gasteiger partial charge in [-0.2, -0.15) is 10.2 Å². The van der Waals surface area contributed by atoms with Crippen molar-refractivity contribution in [3.05, 3.63) is 90.3 Å². The van der Waals surface area contributed by atoms with Crippen molar-refractivity contribution >= 4 is 28.6 Å². The van der Waals surface area contributed by atoms with Crippen LogP contribution < -0.4 is 5.01 Å². The molecule has 35 heavy (non-hydrogen) atoms. The minimum absolute atomic E-state index is 0.0123. The second-order valence-electron chi connectivity index (χ2n) is 8.48. The molecule has 2 aromatic heterocycles. The van der Waals surface area contributed by atoms with E-state index in [9.17, 15) is 0 Å². The van der Waals surface area contributed by atoms with Crippen LogP contribution in [0, 0.1) is 11.7 Å². The molecule has 0 N–H and O–H groups in total. The van der Waals surface area contributed by atoms with Crippen molar-refractivity contribution in [2.24, 2.45) is 11.0 Å². The first-order valence-electron chi connectivity index (χ1n) is 11.5. The monoisotopic (exact) mass is 466 g/mol. The van der Waals surface area contributed by atoms with Gasteiger partial charge in [-0.3, -0.25) is 5.01 Å². The Hall–Kier alpha value is -4.33. The van der Waals surface area contributed by atoms with Crippen LogP contribution in [0.2, 0.25) is 0 Å². The summed E-state index contributed by atoms with van der Waals surface area (Å²) in [6.45, 7) is 2.76. The third-order valence-electron chi connectivity index (χ3n) is 6.54. The SMILES string of the molecule is CCn1cnc2c(-c3ccc(F)c(C4=CC5C=NN(c6ccccc6)C5C=C4OC)c3)cnnc21. The molecule has 2 aromatic carbocycles. The van der Waals surface area contributed by atoms with Crippen LogP contribution in [0.1, 0.15) is 12.5 Å². The van der Waals surface area contributed by atoms with Gasteiger partial charge in [0.25, 0.3) is 0 Å². The lowest BCUT2D eigenvalue weighted by Gasteiger charge is -2.29. The number of rotatable bonds is 5. The highest BCUT2D eigenvalue weighted by atomic mass is 19.1. The van der Waals surface area contributed by atoms with Gasteiger partial charge in [-0.15, -0.1) is 5.10 Å². The molecule has 3 heterocycles. The molecule has 0 bridgehead atoms. The average molecular weight is 467 g/mol. The predicted molar refractivity (Wildman–Crippen MR) is 134 cm³/mol. The van der Waals surface area contributed by atoms with Crippen LogP contribution in [0.5, 0.6) is 0 Å². The van der Waals surface area contributed by atoms with Crippen LogP contribution in [0.4, 0.5) is 10.1 Å². The molecule has 0 saturated carbocycles. The van der Waals surface area contributed by atoms with Gasteiger partial charge in [-0.25, -0.2) is 9.37 Å². The Morgan fingerprint density at radius 3 is 2.71 bits per heavy atom. The highest BCUT2D eigenvalue weighted by Crippen LogP contribution is 2.39. The van der Waals surface area contributed by atoms with Gasteiger partial charge in [-0.1, -0.05) is 30.3 Å². The first kappa shape index (κ1) is 21.2. The van der Waals surface area contributed by atoms with Crippen molar-refractivity contribution in [2.75, 3.05) is 12.1 Å². The summed E-state index contributed by atoms with van der Waals surface area (Å²) in [5.74, 6) is 0.275. The first-order chi connectivity index (χ1) is 17.2. The number of ether oxygens (including phenoxy) is 1. The van der Waals surface area contributed by atoms with E-state index >= 15 is 4.39 Å². The Kier molecular flexibility index (Phi) is 5.13. The van der Waals surface area contributed by atoms with E-state index in [1.807, 2.05) is 71.3 Å². The van der Waals surface area contributed by atoms with Crippen molar-refractivity contribution in [3.8, 4) is 11.1 Å². The molecule has 7 nitrogen and oxygen atoms in total. The van der Waals surface area contributed by atoms with E-state index in [-0.39, 0.29) is 17.8 Å². The fourth-order valence-corrected chi connectivity index (χ4v) is 4.75.